The van der Waals surface area contributed by atoms with Crippen LogP contribution in [0.5, 0.6) is 0 Å². The summed E-state index contributed by atoms with van der Waals surface area (Å²) in [6.45, 7) is 6.26. The number of pyridine rings is 2. The molecule has 0 saturated carbocycles. The van der Waals surface area contributed by atoms with E-state index in [-0.39, 0.29) is 0 Å². The van der Waals surface area contributed by atoms with Gasteiger partial charge < -0.3 is 4.98 Å². The molecule has 0 aliphatic rings. The minimum absolute atomic E-state index is 1.02. The molecule has 0 bridgehead atoms. The zero-order valence-electron chi connectivity index (χ0n) is 16.2. The zero-order valence-corrected chi connectivity index (χ0v) is 16.2. The van der Waals surface area contributed by atoms with Crippen LogP contribution in [0.2, 0.25) is 0 Å². The molecule has 1 N–H and O–H groups in total. The largest absolute Gasteiger partial charge is 0.354 e. The number of aromatic amines is 1. The summed E-state index contributed by atoms with van der Waals surface area (Å²) in [5, 5.41) is 2.42. The average molecular weight is 363 g/mol. The molecule has 0 amide bonds. The molecule has 2 aromatic carbocycles. The number of hydrogen-bond donors (Lipinski definition) is 1. The van der Waals surface area contributed by atoms with Gasteiger partial charge in [-0.3, -0.25) is 9.97 Å². The smallest absolute Gasteiger partial charge is 0.0708 e. The van der Waals surface area contributed by atoms with Gasteiger partial charge in [0.15, 0.2) is 0 Å². The van der Waals surface area contributed by atoms with Crippen LogP contribution in [0, 0.1) is 20.8 Å². The Morgan fingerprint density at radius 1 is 0.750 bits per heavy atom. The molecule has 0 fully saturated rings. The molecular formula is C25H21N3. The van der Waals surface area contributed by atoms with E-state index >= 15 is 0 Å². The van der Waals surface area contributed by atoms with Gasteiger partial charge >= 0.3 is 0 Å². The van der Waals surface area contributed by atoms with Crippen LogP contribution in [0.4, 0.5) is 0 Å². The predicted molar refractivity (Wildman–Crippen MR) is 116 cm³/mol. The highest BCUT2D eigenvalue weighted by atomic mass is 14.7. The van der Waals surface area contributed by atoms with Crippen molar-refractivity contribution in [1.82, 2.24) is 15.0 Å². The highest BCUT2D eigenvalue weighted by Crippen LogP contribution is 2.33. The highest BCUT2D eigenvalue weighted by molar-refractivity contribution is 5.94. The second-order valence-electron chi connectivity index (χ2n) is 7.43. The van der Waals surface area contributed by atoms with E-state index in [1.54, 1.807) is 0 Å². The monoisotopic (exact) mass is 363 g/mol. The molecule has 3 aromatic heterocycles. The Hall–Kier alpha value is -3.46. The van der Waals surface area contributed by atoms with Gasteiger partial charge in [-0.25, -0.2) is 0 Å². The molecule has 3 heteroatoms. The number of aromatic nitrogens is 3. The maximum absolute atomic E-state index is 4.50. The third kappa shape index (κ3) is 2.76. The van der Waals surface area contributed by atoms with Crippen LogP contribution >= 0.6 is 0 Å². The van der Waals surface area contributed by atoms with Gasteiger partial charge in [-0.2, -0.15) is 0 Å². The minimum Gasteiger partial charge on any atom is -0.354 e. The topological polar surface area (TPSA) is 41.6 Å². The summed E-state index contributed by atoms with van der Waals surface area (Å²) in [5.41, 5.74) is 10.2. The summed E-state index contributed by atoms with van der Waals surface area (Å²) < 4.78 is 0. The fraction of sp³-hybridized carbons (Fsp3) is 0.120. The predicted octanol–water partition coefficient (Wildman–Crippen LogP) is 6.37. The molecule has 0 saturated heterocycles. The molecule has 136 valence electrons. The molecule has 5 rings (SSSR count). The van der Waals surface area contributed by atoms with Gasteiger partial charge in [0.25, 0.3) is 0 Å². The first kappa shape index (κ1) is 16.7. The van der Waals surface area contributed by atoms with E-state index in [0.717, 1.165) is 27.8 Å². The van der Waals surface area contributed by atoms with Gasteiger partial charge in [0.1, 0.15) is 0 Å². The number of nitrogens with one attached hydrogen (secondary N) is 1. The van der Waals surface area contributed by atoms with Gasteiger partial charge in [0.05, 0.1) is 5.52 Å². The molecule has 5 aromatic rings. The van der Waals surface area contributed by atoms with E-state index in [0.29, 0.717) is 0 Å². The number of nitrogens with zero attached hydrogens (tertiary/aromatic N) is 2. The fourth-order valence-corrected chi connectivity index (χ4v) is 4.03. The standard InChI is InChI=1S/C25H21N3/c1-15-11-21(12-16(2)27-15)25-17(3)22-9-8-20(14-24(22)28-25)19-7-6-18-5-4-10-26-23(18)13-19/h4-14,28H,1-3H3. The molecule has 0 spiro atoms. The molecular weight excluding hydrogens is 342 g/mol. The van der Waals surface area contributed by atoms with Gasteiger partial charge in [0, 0.05) is 45.1 Å². The third-order valence-electron chi connectivity index (χ3n) is 5.37. The van der Waals surface area contributed by atoms with Crippen molar-refractivity contribution >= 4 is 21.8 Å². The van der Waals surface area contributed by atoms with E-state index in [9.17, 15) is 0 Å². The number of fused-ring (bicyclic) bond motifs is 2. The van der Waals surface area contributed by atoms with E-state index in [1.807, 2.05) is 26.1 Å². The molecule has 0 aliphatic heterocycles. The molecule has 0 radical (unpaired) electrons. The number of hydrogen-bond acceptors (Lipinski definition) is 2. The van der Waals surface area contributed by atoms with E-state index in [1.165, 1.54) is 33.3 Å². The van der Waals surface area contributed by atoms with E-state index < -0.39 is 0 Å². The van der Waals surface area contributed by atoms with Crippen molar-refractivity contribution in [3.05, 3.63) is 83.8 Å². The highest BCUT2D eigenvalue weighted by Gasteiger charge is 2.12. The van der Waals surface area contributed by atoms with Gasteiger partial charge in [-0.15, -0.1) is 0 Å². The van der Waals surface area contributed by atoms with Gasteiger partial charge in [-0.1, -0.05) is 30.3 Å². The second kappa shape index (κ2) is 6.31. The zero-order chi connectivity index (χ0) is 19.3. The minimum atomic E-state index is 1.02. The summed E-state index contributed by atoms with van der Waals surface area (Å²) in [4.78, 5) is 12.6. The van der Waals surface area contributed by atoms with Crippen molar-refractivity contribution in [3.63, 3.8) is 0 Å². The Bertz CT molecular complexity index is 1320. The normalized spacial score (nSPS) is 11.4. The molecule has 3 nitrogen and oxygen atoms in total. The Morgan fingerprint density at radius 2 is 1.50 bits per heavy atom. The summed E-state index contributed by atoms with van der Waals surface area (Å²) in [6, 6.07) is 21.4. The van der Waals surface area contributed by atoms with Crippen LogP contribution in [0.3, 0.4) is 0 Å². The molecule has 0 atom stereocenters. The van der Waals surface area contributed by atoms with Gasteiger partial charge in [0.2, 0.25) is 0 Å². The van der Waals surface area contributed by atoms with E-state index in [4.69, 9.17) is 0 Å². The van der Waals surface area contributed by atoms with Crippen LogP contribution in [-0.4, -0.2) is 15.0 Å². The maximum atomic E-state index is 4.50. The fourth-order valence-electron chi connectivity index (χ4n) is 4.03. The maximum Gasteiger partial charge on any atom is 0.0708 e. The van der Waals surface area contributed by atoms with Crippen molar-refractivity contribution in [3.8, 4) is 22.4 Å². The first-order valence-corrected chi connectivity index (χ1v) is 9.52. The van der Waals surface area contributed by atoms with Crippen molar-refractivity contribution in [1.29, 1.82) is 0 Å². The molecule has 28 heavy (non-hydrogen) atoms. The molecule has 0 unspecified atom stereocenters. The number of rotatable bonds is 2. The molecule has 0 aliphatic carbocycles. The summed E-state index contributed by atoms with van der Waals surface area (Å²) in [6.07, 6.45) is 1.84. The second-order valence-corrected chi connectivity index (χ2v) is 7.43. The Kier molecular flexibility index (Phi) is 3.76. The van der Waals surface area contributed by atoms with Crippen molar-refractivity contribution < 1.29 is 0 Å². The Balaban J connectivity index is 1.65. The van der Waals surface area contributed by atoms with Crippen LogP contribution < -0.4 is 0 Å². The quantitative estimate of drug-likeness (QED) is 0.396. The Labute approximate surface area is 164 Å². The first-order valence-electron chi connectivity index (χ1n) is 9.52. The SMILES string of the molecule is Cc1cc(-c2[nH]c3cc(-c4ccc5cccnc5c4)ccc3c2C)cc(C)n1. The summed E-state index contributed by atoms with van der Waals surface area (Å²) >= 11 is 0. The lowest BCUT2D eigenvalue weighted by Crippen LogP contribution is -1.89. The molecule has 3 heterocycles. The average Bonchev–Trinajstić information content (AvgIpc) is 3.03. The first-order chi connectivity index (χ1) is 13.6. The van der Waals surface area contributed by atoms with Crippen LogP contribution in [-0.2, 0) is 0 Å². The number of benzene rings is 2. The van der Waals surface area contributed by atoms with Crippen molar-refractivity contribution in [2.24, 2.45) is 0 Å². The lowest BCUT2D eigenvalue weighted by atomic mass is 10.0. The number of aryl methyl sites for hydroxylation is 3. The summed E-state index contributed by atoms with van der Waals surface area (Å²) in [5.74, 6) is 0. The van der Waals surface area contributed by atoms with E-state index in [2.05, 4.69) is 76.5 Å². The Morgan fingerprint density at radius 3 is 2.32 bits per heavy atom. The van der Waals surface area contributed by atoms with Crippen molar-refractivity contribution in [2.45, 2.75) is 20.8 Å². The lowest BCUT2D eigenvalue weighted by Gasteiger charge is -2.04. The van der Waals surface area contributed by atoms with Crippen LogP contribution in [0.25, 0.3) is 44.2 Å². The van der Waals surface area contributed by atoms with Crippen molar-refractivity contribution in [2.75, 3.05) is 0 Å². The number of H-pyrrole nitrogens is 1. The van der Waals surface area contributed by atoms with Crippen LogP contribution in [0.1, 0.15) is 17.0 Å². The third-order valence-corrected chi connectivity index (χ3v) is 5.37. The summed E-state index contributed by atoms with van der Waals surface area (Å²) in [7, 11) is 0. The lowest BCUT2D eigenvalue weighted by molar-refractivity contribution is 1.12. The van der Waals surface area contributed by atoms with Crippen LogP contribution in [0.15, 0.2) is 66.9 Å². The van der Waals surface area contributed by atoms with Gasteiger partial charge in [-0.05, 0) is 67.8 Å².